The van der Waals surface area contributed by atoms with Gasteiger partial charge in [-0.15, -0.1) is 0 Å². The van der Waals surface area contributed by atoms with Crippen molar-refractivity contribution in [2.45, 2.75) is 19.6 Å². The van der Waals surface area contributed by atoms with Gasteiger partial charge in [-0.1, -0.05) is 0 Å². The third kappa shape index (κ3) is 7.46. The van der Waals surface area contributed by atoms with Gasteiger partial charge in [0, 0.05) is 6.08 Å². The van der Waals surface area contributed by atoms with E-state index in [0.29, 0.717) is 5.76 Å². The summed E-state index contributed by atoms with van der Waals surface area (Å²) in [7, 11) is 1.62. The molecule has 0 aliphatic rings. The van der Waals surface area contributed by atoms with Crippen molar-refractivity contribution in [1.29, 1.82) is 0 Å². The van der Waals surface area contributed by atoms with Crippen molar-refractivity contribution in [3.05, 3.63) is 24.4 Å². The van der Waals surface area contributed by atoms with E-state index >= 15 is 0 Å². The molecule has 0 aliphatic carbocycles. The third-order valence-corrected chi connectivity index (χ3v) is 1.87. The quantitative estimate of drug-likeness (QED) is 0.389. The molecular weight excluding hydrogens is 184 g/mol. The van der Waals surface area contributed by atoms with Gasteiger partial charge in [0.2, 0.25) is 8.32 Å². The molecule has 0 fully saturated rings. The predicted octanol–water partition coefficient (Wildman–Crippen LogP) is 2.49. The minimum Gasteiger partial charge on any atom is -0.542 e. The fourth-order valence-electron chi connectivity index (χ4n) is 0.702. The fourth-order valence-corrected chi connectivity index (χ4v) is 1.53. The topological polar surface area (TPSA) is 27.7 Å². The fraction of sp³-hybridized carbons (Fsp3) is 0.556. The average Bonchev–Trinajstić information content (AvgIpc) is 1.98. The maximum atomic E-state index is 5.69. The zero-order chi connectivity index (χ0) is 10.3. The normalized spacial score (nSPS) is 13.2. The van der Waals surface area contributed by atoms with Crippen LogP contribution in [0.4, 0.5) is 0 Å². The number of ether oxygens (including phenoxy) is 2. The van der Waals surface area contributed by atoms with Crippen molar-refractivity contribution in [1.82, 2.24) is 0 Å². The van der Waals surface area contributed by atoms with Crippen LogP contribution >= 0.6 is 0 Å². The lowest BCUT2D eigenvalue weighted by Crippen LogP contribution is -2.24. The number of hydrogen-bond donors (Lipinski definition) is 0. The van der Waals surface area contributed by atoms with Crippen LogP contribution in [0.3, 0.4) is 0 Å². The molecule has 3 nitrogen and oxygen atoms in total. The van der Waals surface area contributed by atoms with Crippen LogP contribution in [-0.4, -0.2) is 22.5 Å². The first-order valence-electron chi connectivity index (χ1n) is 4.11. The highest BCUT2D eigenvalue weighted by Gasteiger charge is 2.16. The van der Waals surface area contributed by atoms with Gasteiger partial charge in [0.15, 0.2) is 0 Å². The minimum absolute atomic E-state index is 0.698. The molecule has 0 bridgehead atoms. The molecule has 0 aromatic rings. The Hall–Kier alpha value is -0.903. The van der Waals surface area contributed by atoms with Gasteiger partial charge < -0.3 is 13.9 Å². The van der Waals surface area contributed by atoms with Crippen LogP contribution in [0.5, 0.6) is 0 Å². The number of rotatable bonds is 5. The van der Waals surface area contributed by atoms with E-state index in [0.717, 1.165) is 0 Å². The first-order valence-corrected chi connectivity index (χ1v) is 7.52. The molecule has 0 saturated heterocycles. The summed E-state index contributed by atoms with van der Waals surface area (Å²) in [5.41, 5.74) is 0. The Morgan fingerprint density at radius 1 is 1.08 bits per heavy atom. The molecule has 4 heteroatoms. The van der Waals surface area contributed by atoms with Crippen LogP contribution in [0, 0.1) is 0 Å². The molecule has 76 valence electrons. The van der Waals surface area contributed by atoms with Crippen LogP contribution < -0.4 is 0 Å². The van der Waals surface area contributed by atoms with E-state index in [4.69, 9.17) is 13.9 Å². The van der Waals surface area contributed by atoms with E-state index in [-0.39, 0.29) is 0 Å². The molecule has 0 radical (unpaired) electrons. The number of hydrogen-bond acceptors (Lipinski definition) is 3. The van der Waals surface area contributed by atoms with E-state index < -0.39 is 8.32 Å². The Bertz CT molecular complexity index is 192. The number of methoxy groups -OCH3 is 2. The lowest BCUT2D eigenvalue weighted by molar-refractivity contribution is 0.303. The minimum atomic E-state index is -1.56. The van der Waals surface area contributed by atoms with E-state index in [2.05, 4.69) is 19.6 Å². The van der Waals surface area contributed by atoms with E-state index in [1.54, 1.807) is 32.8 Å². The highest BCUT2D eigenvalue weighted by molar-refractivity contribution is 6.70. The lowest BCUT2D eigenvalue weighted by atomic mass is 10.5. The molecule has 0 amide bonds. The maximum Gasteiger partial charge on any atom is 0.242 e. The zero-order valence-electron chi connectivity index (χ0n) is 8.96. The van der Waals surface area contributed by atoms with E-state index in [9.17, 15) is 0 Å². The highest BCUT2D eigenvalue weighted by atomic mass is 28.4. The largest absolute Gasteiger partial charge is 0.542 e. The van der Waals surface area contributed by atoms with Crippen LogP contribution in [0.15, 0.2) is 24.4 Å². The third-order valence-electron chi connectivity index (χ3n) is 1.03. The second-order valence-electron chi connectivity index (χ2n) is 3.51. The molecular formula is C9H18O3Si. The summed E-state index contributed by atoms with van der Waals surface area (Å²) in [6, 6.07) is 0. The summed E-state index contributed by atoms with van der Waals surface area (Å²) in [6.45, 7) is 6.32. The predicted molar refractivity (Wildman–Crippen MR) is 55.7 cm³/mol. The van der Waals surface area contributed by atoms with Gasteiger partial charge in [-0.2, -0.15) is 0 Å². The molecule has 0 aromatic heterocycles. The molecule has 0 N–H and O–H groups in total. The maximum absolute atomic E-state index is 5.69. The SMILES string of the molecule is CO/C=C/C(=C\OC)O[Si](C)(C)C. The van der Waals surface area contributed by atoms with Crippen molar-refractivity contribution >= 4 is 8.32 Å². The van der Waals surface area contributed by atoms with Gasteiger partial charge >= 0.3 is 0 Å². The summed E-state index contributed by atoms with van der Waals surface area (Å²) in [4.78, 5) is 0. The van der Waals surface area contributed by atoms with Crippen LogP contribution in [0.2, 0.25) is 19.6 Å². The monoisotopic (exact) mass is 202 g/mol. The molecule has 0 atom stereocenters. The Morgan fingerprint density at radius 3 is 2.08 bits per heavy atom. The second kappa shape index (κ2) is 5.69. The Kier molecular flexibility index (Phi) is 5.30. The van der Waals surface area contributed by atoms with Gasteiger partial charge in [0.05, 0.1) is 20.5 Å². The van der Waals surface area contributed by atoms with Crippen molar-refractivity contribution in [2.24, 2.45) is 0 Å². The summed E-state index contributed by atoms with van der Waals surface area (Å²) in [5.74, 6) is 0.698. The van der Waals surface area contributed by atoms with Crippen molar-refractivity contribution in [2.75, 3.05) is 14.2 Å². The van der Waals surface area contributed by atoms with E-state index in [1.165, 1.54) is 0 Å². The van der Waals surface area contributed by atoms with Crippen LogP contribution in [0.25, 0.3) is 0 Å². The second-order valence-corrected chi connectivity index (χ2v) is 7.94. The van der Waals surface area contributed by atoms with Gasteiger partial charge in [0.1, 0.15) is 12.0 Å². The molecule has 13 heavy (non-hydrogen) atoms. The molecule has 0 saturated carbocycles. The van der Waals surface area contributed by atoms with Gasteiger partial charge in [-0.05, 0) is 19.6 Å². The summed E-state index contributed by atoms with van der Waals surface area (Å²) in [6.07, 6.45) is 4.86. The first kappa shape index (κ1) is 12.1. The Balaban J connectivity index is 4.28. The standard InChI is InChI=1S/C9H18O3Si/c1-10-7-6-9(8-11-2)12-13(3,4)5/h6-8H,1-5H3/b7-6+,9-8+. The molecule has 0 aromatic carbocycles. The molecule has 0 heterocycles. The van der Waals surface area contributed by atoms with Crippen LogP contribution in [0.1, 0.15) is 0 Å². The molecule has 0 spiro atoms. The first-order chi connectivity index (χ1) is 5.99. The van der Waals surface area contributed by atoms with Gasteiger partial charge in [-0.25, -0.2) is 0 Å². The summed E-state index contributed by atoms with van der Waals surface area (Å²) in [5, 5.41) is 0. The van der Waals surface area contributed by atoms with Gasteiger partial charge in [-0.3, -0.25) is 0 Å². The van der Waals surface area contributed by atoms with Crippen LogP contribution in [-0.2, 0) is 13.9 Å². The van der Waals surface area contributed by atoms with Crippen molar-refractivity contribution in [3.8, 4) is 0 Å². The van der Waals surface area contributed by atoms with Crippen molar-refractivity contribution in [3.63, 3.8) is 0 Å². The molecule has 0 aliphatic heterocycles. The summed E-state index contributed by atoms with van der Waals surface area (Å²) >= 11 is 0. The van der Waals surface area contributed by atoms with E-state index in [1.807, 2.05) is 0 Å². The Morgan fingerprint density at radius 2 is 1.69 bits per heavy atom. The number of allylic oxidation sites excluding steroid dienone is 1. The Labute approximate surface area is 81.1 Å². The molecule has 0 unspecified atom stereocenters. The summed E-state index contributed by atoms with van der Waals surface area (Å²) < 4.78 is 15.4. The van der Waals surface area contributed by atoms with Crippen molar-refractivity contribution < 1.29 is 13.9 Å². The van der Waals surface area contributed by atoms with Gasteiger partial charge in [0.25, 0.3) is 0 Å². The molecule has 0 rings (SSSR count). The smallest absolute Gasteiger partial charge is 0.242 e. The average molecular weight is 202 g/mol. The lowest BCUT2D eigenvalue weighted by Gasteiger charge is -2.19. The zero-order valence-corrected chi connectivity index (χ0v) is 9.96. The highest BCUT2D eigenvalue weighted by Crippen LogP contribution is 2.11.